The lowest BCUT2D eigenvalue weighted by atomic mass is 9.96. The lowest BCUT2D eigenvalue weighted by molar-refractivity contribution is 0.0899. The van der Waals surface area contributed by atoms with Crippen LogP contribution in [0.3, 0.4) is 0 Å². The smallest absolute Gasteiger partial charge is 0.118 e. The molecule has 0 spiro atoms. The Hall–Kier alpha value is -1.14. The number of ether oxygens (including phenoxy) is 2. The standard InChI is InChI=1S/C16H28N2O3/c1-4-15(17)16(18(9-11-19)10-12-20-2)13-5-7-14(21-3)8-6-13/h5-8,15-16,19H,4,9-12,17H2,1-3H3. The molecule has 0 heterocycles. The summed E-state index contributed by atoms with van der Waals surface area (Å²) < 4.78 is 10.4. The van der Waals surface area contributed by atoms with E-state index in [-0.39, 0.29) is 18.7 Å². The molecule has 0 saturated heterocycles. The molecule has 0 aliphatic carbocycles. The van der Waals surface area contributed by atoms with E-state index in [1.54, 1.807) is 14.2 Å². The molecule has 21 heavy (non-hydrogen) atoms. The number of aliphatic hydroxyl groups excluding tert-OH is 1. The number of rotatable bonds is 10. The van der Waals surface area contributed by atoms with Gasteiger partial charge in [-0.2, -0.15) is 0 Å². The molecule has 2 unspecified atom stereocenters. The van der Waals surface area contributed by atoms with Crippen molar-refractivity contribution in [2.45, 2.75) is 25.4 Å². The topological polar surface area (TPSA) is 68.0 Å². The van der Waals surface area contributed by atoms with Gasteiger partial charge in [-0.25, -0.2) is 0 Å². The number of benzene rings is 1. The summed E-state index contributed by atoms with van der Waals surface area (Å²) in [6.07, 6.45) is 0.867. The zero-order valence-corrected chi connectivity index (χ0v) is 13.3. The second kappa shape index (κ2) is 9.73. The molecular formula is C16H28N2O3. The molecule has 0 aliphatic rings. The number of nitrogens with two attached hydrogens (primary N) is 1. The molecule has 3 N–H and O–H groups in total. The fraction of sp³-hybridized carbons (Fsp3) is 0.625. The van der Waals surface area contributed by atoms with Crippen molar-refractivity contribution in [1.29, 1.82) is 0 Å². The molecule has 0 amide bonds. The number of hydrogen-bond acceptors (Lipinski definition) is 5. The first-order valence-corrected chi connectivity index (χ1v) is 7.41. The van der Waals surface area contributed by atoms with Crippen molar-refractivity contribution < 1.29 is 14.6 Å². The summed E-state index contributed by atoms with van der Waals surface area (Å²) in [6.45, 7) is 4.11. The van der Waals surface area contributed by atoms with Crippen LogP contribution in [0.4, 0.5) is 0 Å². The molecule has 0 fully saturated rings. The third-order valence-corrected chi connectivity index (χ3v) is 3.70. The van der Waals surface area contributed by atoms with Crippen molar-refractivity contribution in [3.8, 4) is 5.75 Å². The maximum atomic E-state index is 9.33. The highest BCUT2D eigenvalue weighted by Gasteiger charge is 2.25. The summed E-state index contributed by atoms with van der Waals surface area (Å²) in [6, 6.07) is 8.02. The minimum absolute atomic E-state index is 0.00167. The maximum absolute atomic E-state index is 9.33. The van der Waals surface area contributed by atoms with Crippen LogP contribution in [-0.2, 0) is 4.74 Å². The van der Waals surface area contributed by atoms with Gasteiger partial charge in [-0.05, 0) is 24.1 Å². The van der Waals surface area contributed by atoms with E-state index in [0.717, 1.165) is 24.3 Å². The van der Waals surface area contributed by atoms with Gasteiger partial charge < -0.3 is 20.3 Å². The van der Waals surface area contributed by atoms with Crippen LogP contribution >= 0.6 is 0 Å². The fourth-order valence-electron chi connectivity index (χ4n) is 2.48. The zero-order chi connectivity index (χ0) is 15.7. The molecule has 0 aromatic heterocycles. The van der Waals surface area contributed by atoms with Gasteiger partial charge in [-0.15, -0.1) is 0 Å². The van der Waals surface area contributed by atoms with Gasteiger partial charge in [0.1, 0.15) is 5.75 Å². The number of nitrogens with zero attached hydrogens (tertiary/aromatic N) is 1. The van der Waals surface area contributed by atoms with Crippen molar-refractivity contribution >= 4 is 0 Å². The first-order chi connectivity index (χ1) is 10.2. The van der Waals surface area contributed by atoms with Gasteiger partial charge in [-0.1, -0.05) is 19.1 Å². The molecule has 1 rings (SSSR count). The quantitative estimate of drug-likeness (QED) is 0.683. The van der Waals surface area contributed by atoms with E-state index in [1.165, 1.54) is 0 Å². The van der Waals surface area contributed by atoms with Crippen molar-refractivity contribution in [3.05, 3.63) is 29.8 Å². The summed E-state index contributed by atoms with van der Waals surface area (Å²) >= 11 is 0. The van der Waals surface area contributed by atoms with Gasteiger partial charge in [-0.3, -0.25) is 4.90 Å². The SMILES string of the molecule is CCC(N)C(c1ccc(OC)cc1)N(CCO)CCOC. The van der Waals surface area contributed by atoms with Crippen molar-refractivity contribution in [2.75, 3.05) is 40.5 Å². The van der Waals surface area contributed by atoms with E-state index in [0.29, 0.717) is 13.2 Å². The predicted octanol–water partition coefficient (Wildman–Crippen LogP) is 1.41. The molecule has 1 aromatic carbocycles. The maximum Gasteiger partial charge on any atom is 0.118 e. The summed E-state index contributed by atoms with van der Waals surface area (Å²) in [5.74, 6) is 0.827. The highest BCUT2D eigenvalue weighted by Crippen LogP contribution is 2.26. The second-order valence-electron chi connectivity index (χ2n) is 5.04. The summed E-state index contributed by atoms with van der Waals surface area (Å²) in [7, 11) is 3.33. The molecule has 0 aliphatic heterocycles. The van der Waals surface area contributed by atoms with Gasteiger partial charge in [0.05, 0.1) is 26.4 Å². The number of aliphatic hydroxyl groups is 1. The Bertz CT molecular complexity index is 384. The lowest BCUT2D eigenvalue weighted by Crippen LogP contribution is -2.43. The Kier molecular flexibility index (Phi) is 8.30. The molecule has 5 nitrogen and oxygen atoms in total. The zero-order valence-electron chi connectivity index (χ0n) is 13.3. The molecule has 0 saturated carbocycles. The largest absolute Gasteiger partial charge is 0.497 e. The van der Waals surface area contributed by atoms with E-state index < -0.39 is 0 Å². The monoisotopic (exact) mass is 296 g/mol. The van der Waals surface area contributed by atoms with Gasteiger partial charge in [0.15, 0.2) is 0 Å². The van der Waals surface area contributed by atoms with E-state index >= 15 is 0 Å². The van der Waals surface area contributed by atoms with Crippen LogP contribution in [0.25, 0.3) is 0 Å². The van der Waals surface area contributed by atoms with Gasteiger partial charge in [0, 0.05) is 26.2 Å². The highest BCUT2D eigenvalue weighted by molar-refractivity contribution is 5.30. The molecule has 5 heteroatoms. The van der Waals surface area contributed by atoms with Crippen molar-refractivity contribution in [1.82, 2.24) is 4.90 Å². The van der Waals surface area contributed by atoms with Gasteiger partial charge in [0.2, 0.25) is 0 Å². The fourth-order valence-corrected chi connectivity index (χ4v) is 2.48. The van der Waals surface area contributed by atoms with Crippen LogP contribution in [0, 0.1) is 0 Å². The third-order valence-electron chi connectivity index (χ3n) is 3.70. The number of hydrogen-bond donors (Lipinski definition) is 2. The van der Waals surface area contributed by atoms with Crippen LogP contribution in [0.2, 0.25) is 0 Å². The Morgan fingerprint density at radius 2 is 1.86 bits per heavy atom. The average Bonchev–Trinajstić information content (AvgIpc) is 2.53. The van der Waals surface area contributed by atoms with Crippen LogP contribution in [0.1, 0.15) is 24.9 Å². The lowest BCUT2D eigenvalue weighted by Gasteiger charge is -2.35. The van der Waals surface area contributed by atoms with Crippen molar-refractivity contribution in [3.63, 3.8) is 0 Å². The molecule has 120 valence electrons. The van der Waals surface area contributed by atoms with E-state index in [2.05, 4.69) is 11.8 Å². The van der Waals surface area contributed by atoms with Crippen LogP contribution in [0.15, 0.2) is 24.3 Å². The number of methoxy groups -OCH3 is 2. The van der Waals surface area contributed by atoms with Crippen LogP contribution < -0.4 is 10.5 Å². The first kappa shape index (κ1) is 17.9. The summed E-state index contributed by atoms with van der Waals surface area (Å²) in [5, 5.41) is 9.33. The Labute approximate surface area is 127 Å². The minimum Gasteiger partial charge on any atom is -0.497 e. The third kappa shape index (κ3) is 5.28. The van der Waals surface area contributed by atoms with Crippen molar-refractivity contribution in [2.24, 2.45) is 5.73 Å². The second-order valence-corrected chi connectivity index (χ2v) is 5.04. The Morgan fingerprint density at radius 3 is 2.33 bits per heavy atom. The van der Waals surface area contributed by atoms with E-state index in [9.17, 15) is 5.11 Å². The molecule has 0 radical (unpaired) electrons. The van der Waals surface area contributed by atoms with Gasteiger partial charge >= 0.3 is 0 Å². The Balaban J connectivity index is 2.99. The van der Waals surface area contributed by atoms with Gasteiger partial charge in [0.25, 0.3) is 0 Å². The highest BCUT2D eigenvalue weighted by atomic mass is 16.5. The van der Waals surface area contributed by atoms with E-state index in [4.69, 9.17) is 15.2 Å². The molecule has 1 aromatic rings. The summed E-state index contributed by atoms with van der Waals surface area (Å²) in [5.41, 5.74) is 7.46. The first-order valence-electron chi connectivity index (χ1n) is 7.41. The molecule has 0 bridgehead atoms. The van der Waals surface area contributed by atoms with Crippen LogP contribution in [0.5, 0.6) is 5.75 Å². The summed E-state index contributed by atoms with van der Waals surface area (Å²) in [4.78, 5) is 2.18. The predicted molar refractivity (Wildman–Crippen MR) is 84.5 cm³/mol. The molecular weight excluding hydrogens is 268 g/mol. The normalized spacial score (nSPS) is 14.2. The minimum atomic E-state index is 0.00167. The van der Waals surface area contributed by atoms with E-state index in [1.807, 2.05) is 24.3 Å². The molecule has 2 atom stereocenters. The Morgan fingerprint density at radius 1 is 1.19 bits per heavy atom. The van der Waals surface area contributed by atoms with Crippen LogP contribution in [-0.4, -0.2) is 56.6 Å². The average molecular weight is 296 g/mol.